The van der Waals surface area contributed by atoms with Crippen LogP contribution in [0.2, 0.25) is 0 Å². The van der Waals surface area contributed by atoms with E-state index in [0.29, 0.717) is 24.1 Å². The van der Waals surface area contributed by atoms with E-state index in [4.69, 9.17) is 9.47 Å². The summed E-state index contributed by atoms with van der Waals surface area (Å²) in [7, 11) is 3.29. The van der Waals surface area contributed by atoms with Gasteiger partial charge in [0.15, 0.2) is 17.3 Å². The number of aromatic nitrogens is 5. The monoisotopic (exact) mass is 544 g/mol. The number of rotatable bonds is 11. The maximum absolute atomic E-state index is 13.3. The number of H-pyrrole nitrogens is 1. The Labute approximate surface area is 235 Å². The molecule has 9 heteroatoms. The second kappa shape index (κ2) is 12.2. The molecule has 1 N–H and O–H groups in total. The summed E-state index contributed by atoms with van der Waals surface area (Å²) in [5.74, 6) is 2.30. The number of nitrogens with zero attached hydrogens (tertiary/aromatic N) is 5. The fourth-order valence-electron chi connectivity index (χ4n) is 6.16. The Hall–Kier alpha value is -3.72. The van der Waals surface area contributed by atoms with Crippen LogP contribution in [0.15, 0.2) is 41.2 Å². The molecular weight excluding hydrogens is 504 g/mol. The second-order valence-electron chi connectivity index (χ2n) is 10.9. The van der Waals surface area contributed by atoms with Gasteiger partial charge in [0.25, 0.3) is 5.56 Å². The zero-order valence-corrected chi connectivity index (χ0v) is 24.2. The van der Waals surface area contributed by atoms with E-state index in [1.54, 1.807) is 14.2 Å². The first-order chi connectivity index (χ1) is 19.4. The molecule has 40 heavy (non-hydrogen) atoms. The highest BCUT2D eigenvalue weighted by atomic mass is 16.5. The molecule has 2 aromatic carbocycles. The molecule has 0 aliphatic heterocycles. The quantitative estimate of drug-likeness (QED) is 0.268. The van der Waals surface area contributed by atoms with Crippen LogP contribution in [0.1, 0.15) is 79.2 Å². The van der Waals surface area contributed by atoms with Crippen molar-refractivity contribution in [2.24, 2.45) is 0 Å². The van der Waals surface area contributed by atoms with Gasteiger partial charge in [-0.25, -0.2) is 4.68 Å². The number of pyridine rings is 1. The van der Waals surface area contributed by atoms with E-state index in [9.17, 15) is 4.79 Å². The summed E-state index contributed by atoms with van der Waals surface area (Å²) in [5.41, 5.74) is 4.96. The van der Waals surface area contributed by atoms with Crippen LogP contribution < -0.4 is 15.0 Å². The lowest BCUT2D eigenvalue weighted by Gasteiger charge is -2.31. The molecule has 2 heterocycles. The summed E-state index contributed by atoms with van der Waals surface area (Å²) in [5, 5.41) is 14.1. The van der Waals surface area contributed by atoms with E-state index in [1.165, 1.54) is 18.4 Å². The van der Waals surface area contributed by atoms with Gasteiger partial charge in [0, 0.05) is 18.7 Å². The van der Waals surface area contributed by atoms with E-state index in [1.807, 2.05) is 29.8 Å². The van der Waals surface area contributed by atoms with Gasteiger partial charge in [0.05, 0.1) is 31.8 Å². The van der Waals surface area contributed by atoms with Crippen LogP contribution in [-0.2, 0) is 13.0 Å². The minimum Gasteiger partial charge on any atom is -0.493 e. The molecule has 1 aliphatic rings. The number of aryl methyl sites for hydroxylation is 2. The Morgan fingerprint density at radius 3 is 2.58 bits per heavy atom. The van der Waals surface area contributed by atoms with Gasteiger partial charge in [-0.2, -0.15) is 0 Å². The van der Waals surface area contributed by atoms with Crippen molar-refractivity contribution in [2.75, 3.05) is 20.8 Å². The van der Waals surface area contributed by atoms with Crippen molar-refractivity contribution in [3.05, 3.63) is 74.8 Å². The standard InChI is InChI=1S/C31H40N6O3/c1-6-26(30-33-34-35-37(30)25-9-7-8-10-25)36(14-13-22-11-12-27(39-4)28(17-22)40-5)19-24-18-23-16-20(2)15-21(3)29(23)32-31(24)38/h11-12,15-18,25-26H,6-10,13-14,19H2,1-5H3,(H,32,38)/t26-/m1/s1. The molecule has 212 valence electrons. The minimum absolute atomic E-state index is 0.0370. The summed E-state index contributed by atoms with van der Waals surface area (Å²) in [6.45, 7) is 7.50. The van der Waals surface area contributed by atoms with Gasteiger partial charge in [-0.1, -0.05) is 37.5 Å². The van der Waals surface area contributed by atoms with Gasteiger partial charge in [-0.3, -0.25) is 9.69 Å². The fourth-order valence-corrected chi connectivity index (χ4v) is 6.16. The third-order valence-electron chi connectivity index (χ3n) is 8.19. The molecule has 1 atom stereocenters. The number of hydrogen-bond donors (Lipinski definition) is 1. The Bertz CT molecular complexity index is 1520. The molecule has 4 aromatic rings. The Kier molecular flexibility index (Phi) is 8.49. The van der Waals surface area contributed by atoms with Crippen molar-refractivity contribution in [3.8, 4) is 11.5 Å². The smallest absolute Gasteiger partial charge is 0.252 e. The molecule has 0 spiro atoms. The molecule has 1 aliphatic carbocycles. The van der Waals surface area contributed by atoms with Crippen LogP contribution in [0, 0.1) is 13.8 Å². The number of aromatic amines is 1. The van der Waals surface area contributed by atoms with E-state index in [-0.39, 0.29) is 11.6 Å². The molecule has 0 bridgehead atoms. The summed E-state index contributed by atoms with van der Waals surface area (Å²) in [6, 6.07) is 12.6. The first kappa shape index (κ1) is 27.8. The molecular formula is C31H40N6O3. The van der Waals surface area contributed by atoms with Gasteiger partial charge < -0.3 is 14.5 Å². The van der Waals surface area contributed by atoms with Crippen LogP contribution in [0.5, 0.6) is 11.5 Å². The minimum atomic E-state index is -0.0548. The van der Waals surface area contributed by atoms with Crippen molar-refractivity contribution in [3.63, 3.8) is 0 Å². The number of benzene rings is 2. The van der Waals surface area contributed by atoms with E-state index in [0.717, 1.165) is 65.6 Å². The molecule has 0 saturated heterocycles. The Morgan fingerprint density at radius 1 is 1.07 bits per heavy atom. The molecule has 2 aromatic heterocycles. The number of tetrazole rings is 1. The van der Waals surface area contributed by atoms with Gasteiger partial charge in [0.2, 0.25) is 0 Å². The maximum atomic E-state index is 13.3. The normalized spacial score (nSPS) is 14.8. The Balaban J connectivity index is 1.50. The predicted octanol–water partition coefficient (Wildman–Crippen LogP) is 5.46. The van der Waals surface area contributed by atoms with Gasteiger partial charge >= 0.3 is 0 Å². The zero-order valence-electron chi connectivity index (χ0n) is 24.2. The first-order valence-corrected chi connectivity index (χ1v) is 14.3. The summed E-state index contributed by atoms with van der Waals surface area (Å²) in [4.78, 5) is 18.9. The van der Waals surface area contributed by atoms with E-state index in [2.05, 4.69) is 57.5 Å². The highest BCUT2D eigenvalue weighted by Crippen LogP contribution is 2.33. The Morgan fingerprint density at radius 2 is 1.85 bits per heavy atom. The van der Waals surface area contributed by atoms with Crippen LogP contribution >= 0.6 is 0 Å². The molecule has 0 amide bonds. The third kappa shape index (κ3) is 5.75. The van der Waals surface area contributed by atoms with E-state index < -0.39 is 0 Å². The average molecular weight is 545 g/mol. The molecule has 1 saturated carbocycles. The average Bonchev–Trinajstić information content (AvgIpc) is 3.65. The van der Waals surface area contributed by atoms with Gasteiger partial charge in [-0.15, -0.1) is 5.10 Å². The first-order valence-electron chi connectivity index (χ1n) is 14.3. The molecule has 1 fully saturated rings. The SMILES string of the molecule is CC[C@H](c1nnnn1C1CCCC1)N(CCc1ccc(OC)c(OC)c1)Cc1cc2cc(C)cc(C)c2[nH]c1=O. The summed E-state index contributed by atoms with van der Waals surface area (Å²) in [6.07, 6.45) is 6.20. The lowest BCUT2D eigenvalue weighted by Crippen LogP contribution is -2.34. The molecule has 5 rings (SSSR count). The predicted molar refractivity (Wildman–Crippen MR) is 156 cm³/mol. The highest BCUT2D eigenvalue weighted by Gasteiger charge is 2.29. The maximum Gasteiger partial charge on any atom is 0.252 e. The van der Waals surface area contributed by atoms with Crippen LogP contribution in [0.25, 0.3) is 10.9 Å². The van der Waals surface area contributed by atoms with Gasteiger partial charge in [-0.05, 0) is 90.7 Å². The highest BCUT2D eigenvalue weighted by molar-refractivity contribution is 5.82. The number of methoxy groups -OCH3 is 2. The van der Waals surface area contributed by atoms with Gasteiger partial charge in [0.1, 0.15) is 0 Å². The van der Waals surface area contributed by atoms with Crippen molar-refractivity contribution in [1.82, 2.24) is 30.1 Å². The van der Waals surface area contributed by atoms with E-state index >= 15 is 0 Å². The van der Waals surface area contributed by atoms with Crippen molar-refractivity contribution >= 4 is 10.9 Å². The lowest BCUT2D eigenvalue weighted by molar-refractivity contribution is 0.169. The summed E-state index contributed by atoms with van der Waals surface area (Å²) < 4.78 is 13.0. The number of fused-ring (bicyclic) bond motifs is 1. The van der Waals surface area contributed by atoms with Crippen molar-refractivity contribution < 1.29 is 9.47 Å². The number of ether oxygens (including phenoxy) is 2. The molecule has 0 radical (unpaired) electrons. The lowest BCUT2D eigenvalue weighted by atomic mass is 10.0. The topological polar surface area (TPSA) is 98.2 Å². The molecule has 9 nitrogen and oxygen atoms in total. The fraction of sp³-hybridized carbons (Fsp3) is 0.484. The zero-order chi connectivity index (χ0) is 28.2. The summed E-state index contributed by atoms with van der Waals surface area (Å²) >= 11 is 0. The number of nitrogens with one attached hydrogen (secondary N) is 1. The largest absolute Gasteiger partial charge is 0.493 e. The van der Waals surface area contributed by atoms with Crippen LogP contribution in [0.3, 0.4) is 0 Å². The van der Waals surface area contributed by atoms with Crippen molar-refractivity contribution in [2.45, 2.75) is 77.9 Å². The van der Waals surface area contributed by atoms with Crippen LogP contribution in [0.4, 0.5) is 0 Å². The third-order valence-corrected chi connectivity index (χ3v) is 8.19. The second-order valence-corrected chi connectivity index (χ2v) is 10.9. The number of hydrogen-bond acceptors (Lipinski definition) is 7. The van der Waals surface area contributed by atoms with Crippen molar-refractivity contribution in [1.29, 1.82) is 0 Å². The van der Waals surface area contributed by atoms with Crippen LogP contribution in [-0.4, -0.2) is 50.9 Å². The molecule has 0 unspecified atom stereocenters.